The van der Waals surface area contributed by atoms with Gasteiger partial charge < -0.3 is 15.3 Å². The minimum absolute atomic E-state index is 0.244. The topological polar surface area (TPSA) is 60.7 Å². The maximum absolute atomic E-state index is 10.8. The molecule has 3 nitrogen and oxygen atoms in total. The highest BCUT2D eigenvalue weighted by Gasteiger charge is 2.23. The monoisotopic (exact) mass is 442 g/mol. The molecular weight excluding hydrogens is 396 g/mol. The number of allylic oxidation sites excluding steroid dienone is 6. The van der Waals surface area contributed by atoms with Gasteiger partial charge in [0.15, 0.2) is 0 Å². The van der Waals surface area contributed by atoms with Crippen molar-refractivity contribution in [3.8, 4) is 11.5 Å². The van der Waals surface area contributed by atoms with Crippen LogP contribution in [-0.2, 0) is 6.42 Å². The molecular formula is C29H46O3. The van der Waals surface area contributed by atoms with Gasteiger partial charge in [0, 0.05) is 5.56 Å². The average molecular weight is 443 g/mol. The average Bonchev–Trinajstić information content (AvgIpc) is 2.70. The molecule has 0 saturated carbocycles. The fourth-order valence-corrected chi connectivity index (χ4v) is 3.98. The zero-order valence-electron chi connectivity index (χ0n) is 21.7. The Kier molecular flexibility index (Phi) is 11.3. The Morgan fingerprint density at radius 1 is 0.719 bits per heavy atom. The predicted molar refractivity (Wildman–Crippen MR) is 138 cm³/mol. The molecule has 0 aliphatic rings. The van der Waals surface area contributed by atoms with Crippen LogP contribution in [0.2, 0.25) is 0 Å². The molecule has 1 rings (SSSR count). The van der Waals surface area contributed by atoms with E-state index in [0.717, 1.165) is 37.7 Å². The van der Waals surface area contributed by atoms with E-state index in [0.29, 0.717) is 36.0 Å². The molecule has 0 bridgehead atoms. The number of aliphatic hydroxyl groups is 1. The van der Waals surface area contributed by atoms with Gasteiger partial charge in [0.25, 0.3) is 0 Å². The van der Waals surface area contributed by atoms with Crippen molar-refractivity contribution < 1.29 is 15.3 Å². The van der Waals surface area contributed by atoms with E-state index in [1.54, 1.807) is 0 Å². The first-order valence-corrected chi connectivity index (χ1v) is 12.0. The standard InChI is InChI=1S/C29H46O3/c1-20(2)12-9-13-21(3)14-10-15-22(4)16-11-18-29(8,32)19-17-26-25(7)27(30)23(5)24(6)28(26)31/h12,14,16,30-32H,9-11,13,15,17-19H2,1-8H3/b21-14+,22-16+/t29-/m1/s1. The summed E-state index contributed by atoms with van der Waals surface area (Å²) < 4.78 is 0. The minimum atomic E-state index is -0.814. The Hall–Kier alpha value is -2.00. The molecule has 0 spiro atoms. The van der Waals surface area contributed by atoms with Crippen molar-refractivity contribution in [1.29, 1.82) is 0 Å². The first-order valence-electron chi connectivity index (χ1n) is 12.0. The Balaban J connectivity index is 2.53. The molecule has 0 radical (unpaired) electrons. The van der Waals surface area contributed by atoms with E-state index < -0.39 is 5.60 Å². The maximum Gasteiger partial charge on any atom is 0.122 e. The number of hydrogen-bond donors (Lipinski definition) is 3. The highest BCUT2D eigenvalue weighted by molar-refractivity contribution is 5.56. The summed E-state index contributed by atoms with van der Waals surface area (Å²) in [4.78, 5) is 0. The SMILES string of the molecule is CC(C)=CCC/C(C)=C/CC/C(C)=C/CC[C@@](C)(O)CCc1c(C)c(O)c(C)c(C)c1O. The van der Waals surface area contributed by atoms with Crippen molar-refractivity contribution in [1.82, 2.24) is 0 Å². The largest absolute Gasteiger partial charge is 0.507 e. The highest BCUT2D eigenvalue weighted by Crippen LogP contribution is 2.37. The molecule has 180 valence electrons. The second-order valence-corrected chi connectivity index (χ2v) is 10.0. The van der Waals surface area contributed by atoms with Crippen molar-refractivity contribution in [2.75, 3.05) is 0 Å². The molecule has 0 fully saturated rings. The van der Waals surface area contributed by atoms with Gasteiger partial charge in [0.2, 0.25) is 0 Å². The van der Waals surface area contributed by atoms with Gasteiger partial charge in [0.05, 0.1) is 5.60 Å². The van der Waals surface area contributed by atoms with Gasteiger partial charge >= 0.3 is 0 Å². The quantitative estimate of drug-likeness (QED) is 0.228. The summed E-state index contributed by atoms with van der Waals surface area (Å²) in [6.45, 7) is 16.0. The van der Waals surface area contributed by atoms with E-state index in [1.807, 2.05) is 27.7 Å². The molecule has 0 amide bonds. The van der Waals surface area contributed by atoms with Gasteiger partial charge in [0.1, 0.15) is 11.5 Å². The Morgan fingerprint density at radius 3 is 1.78 bits per heavy atom. The molecule has 1 aromatic carbocycles. The second kappa shape index (κ2) is 12.9. The third-order valence-electron chi connectivity index (χ3n) is 6.58. The summed E-state index contributed by atoms with van der Waals surface area (Å²) in [5.41, 5.74) is 6.26. The summed E-state index contributed by atoms with van der Waals surface area (Å²) in [7, 11) is 0. The van der Waals surface area contributed by atoms with Crippen LogP contribution in [0.1, 0.15) is 102 Å². The lowest BCUT2D eigenvalue weighted by Gasteiger charge is -2.24. The third kappa shape index (κ3) is 9.24. The van der Waals surface area contributed by atoms with Crippen molar-refractivity contribution in [2.45, 2.75) is 112 Å². The Labute approximate surface area is 196 Å². The van der Waals surface area contributed by atoms with E-state index in [2.05, 4.69) is 45.9 Å². The van der Waals surface area contributed by atoms with Crippen LogP contribution in [0, 0.1) is 20.8 Å². The summed E-state index contributed by atoms with van der Waals surface area (Å²) in [5, 5.41) is 31.7. The van der Waals surface area contributed by atoms with Gasteiger partial charge in [-0.15, -0.1) is 0 Å². The van der Waals surface area contributed by atoms with Crippen molar-refractivity contribution in [3.63, 3.8) is 0 Å². The molecule has 0 aliphatic heterocycles. The van der Waals surface area contributed by atoms with E-state index in [1.165, 1.54) is 16.7 Å². The predicted octanol–water partition coefficient (Wildman–Crippen LogP) is 7.91. The van der Waals surface area contributed by atoms with Crippen LogP contribution in [-0.4, -0.2) is 20.9 Å². The Bertz CT molecular complexity index is 821. The van der Waals surface area contributed by atoms with Crippen LogP contribution in [0.4, 0.5) is 0 Å². The number of aromatic hydroxyl groups is 2. The van der Waals surface area contributed by atoms with Crippen LogP contribution in [0.5, 0.6) is 11.5 Å². The molecule has 0 heterocycles. The zero-order valence-corrected chi connectivity index (χ0v) is 21.7. The molecule has 0 aliphatic carbocycles. The smallest absolute Gasteiger partial charge is 0.122 e. The van der Waals surface area contributed by atoms with Crippen molar-refractivity contribution >= 4 is 0 Å². The number of benzene rings is 1. The molecule has 3 heteroatoms. The fourth-order valence-electron chi connectivity index (χ4n) is 3.98. The van der Waals surface area contributed by atoms with Crippen molar-refractivity contribution in [2.24, 2.45) is 0 Å². The van der Waals surface area contributed by atoms with E-state index in [-0.39, 0.29) is 11.5 Å². The van der Waals surface area contributed by atoms with Crippen LogP contribution >= 0.6 is 0 Å². The van der Waals surface area contributed by atoms with Gasteiger partial charge in [-0.3, -0.25) is 0 Å². The van der Waals surface area contributed by atoms with Gasteiger partial charge in [-0.25, -0.2) is 0 Å². The van der Waals surface area contributed by atoms with E-state index >= 15 is 0 Å². The maximum atomic E-state index is 10.8. The highest BCUT2D eigenvalue weighted by atomic mass is 16.3. The number of rotatable bonds is 12. The molecule has 1 aromatic rings. The zero-order chi connectivity index (χ0) is 24.5. The summed E-state index contributed by atoms with van der Waals surface area (Å²) in [6.07, 6.45) is 13.8. The normalized spacial score (nSPS) is 14.4. The minimum Gasteiger partial charge on any atom is -0.507 e. The first-order chi connectivity index (χ1) is 14.9. The molecule has 32 heavy (non-hydrogen) atoms. The molecule has 0 aromatic heterocycles. The van der Waals surface area contributed by atoms with Gasteiger partial charge in [-0.2, -0.15) is 0 Å². The van der Waals surface area contributed by atoms with Crippen LogP contribution in [0.15, 0.2) is 34.9 Å². The van der Waals surface area contributed by atoms with Crippen LogP contribution in [0.3, 0.4) is 0 Å². The number of phenols is 2. The van der Waals surface area contributed by atoms with Crippen molar-refractivity contribution in [3.05, 3.63) is 57.2 Å². The molecule has 3 N–H and O–H groups in total. The lowest BCUT2D eigenvalue weighted by Crippen LogP contribution is -2.24. The van der Waals surface area contributed by atoms with Crippen LogP contribution in [0.25, 0.3) is 0 Å². The van der Waals surface area contributed by atoms with Crippen LogP contribution < -0.4 is 0 Å². The molecule has 1 atom stereocenters. The summed E-state index contributed by atoms with van der Waals surface area (Å²) in [5.74, 6) is 0.489. The number of hydrogen-bond acceptors (Lipinski definition) is 3. The molecule has 0 saturated heterocycles. The second-order valence-electron chi connectivity index (χ2n) is 10.0. The lowest BCUT2D eigenvalue weighted by atomic mass is 9.88. The summed E-state index contributed by atoms with van der Waals surface area (Å²) in [6, 6.07) is 0. The number of phenolic OH excluding ortho intramolecular Hbond substituents is 2. The Morgan fingerprint density at radius 2 is 1.22 bits per heavy atom. The lowest BCUT2D eigenvalue weighted by molar-refractivity contribution is 0.0431. The van der Waals surface area contributed by atoms with Gasteiger partial charge in [-0.1, -0.05) is 34.9 Å². The van der Waals surface area contributed by atoms with E-state index in [9.17, 15) is 15.3 Å². The first kappa shape index (κ1) is 28.0. The third-order valence-corrected chi connectivity index (χ3v) is 6.58. The molecule has 0 unspecified atom stereocenters. The van der Waals surface area contributed by atoms with Gasteiger partial charge in [-0.05, 0) is 123 Å². The van der Waals surface area contributed by atoms with E-state index in [4.69, 9.17) is 0 Å². The fraction of sp³-hybridized carbons (Fsp3) is 0.586. The summed E-state index contributed by atoms with van der Waals surface area (Å²) >= 11 is 0.